The minimum absolute atomic E-state index is 0.114. The number of rotatable bonds is 1. The van der Waals surface area contributed by atoms with Crippen LogP contribution in [0.1, 0.15) is 43.2 Å². The van der Waals surface area contributed by atoms with Crippen molar-refractivity contribution in [3.63, 3.8) is 0 Å². The first-order valence-corrected chi connectivity index (χ1v) is 7.84. The van der Waals surface area contributed by atoms with Crippen molar-refractivity contribution in [1.82, 2.24) is 0 Å². The van der Waals surface area contributed by atoms with Gasteiger partial charge in [0.15, 0.2) is 0 Å². The van der Waals surface area contributed by atoms with Gasteiger partial charge in [-0.1, -0.05) is 22.0 Å². The zero-order chi connectivity index (χ0) is 13.5. The van der Waals surface area contributed by atoms with Gasteiger partial charge in [-0.05, 0) is 56.2 Å². The molecule has 1 fully saturated rings. The lowest BCUT2D eigenvalue weighted by Gasteiger charge is -2.43. The lowest BCUT2D eigenvalue weighted by Crippen LogP contribution is -2.40. The van der Waals surface area contributed by atoms with Crippen molar-refractivity contribution in [2.24, 2.45) is 5.41 Å². The molecule has 2 aliphatic rings. The predicted molar refractivity (Wildman–Crippen MR) is 81.0 cm³/mol. The maximum Gasteiger partial charge on any atom is 0.0572 e. The Hall–Kier alpha value is -0.670. The molecule has 0 bridgehead atoms. The average Bonchev–Trinajstić information content (AvgIpc) is 2.45. The van der Waals surface area contributed by atoms with Gasteiger partial charge in [0.05, 0.1) is 6.10 Å². The highest BCUT2D eigenvalue weighted by Gasteiger charge is 2.42. The monoisotopic (exact) mass is 321 g/mol. The zero-order valence-corrected chi connectivity index (χ0v) is 12.9. The molecule has 1 N–H and O–H groups in total. The standard InChI is InChI=1S/C16H20BrNO/c1-19-13-5-8-16(9-6-13)7-4-11-2-3-12(17)10-14(11)15(16)18/h2-3,10,13,18H,4-9H2,1H3. The average molecular weight is 322 g/mol. The van der Waals surface area contributed by atoms with Crippen LogP contribution < -0.4 is 0 Å². The Morgan fingerprint density at radius 1 is 1.26 bits per heavy atom. The molecule has 19 heavy (non-hydrogen) atoms. The van der Waals surface area contributed by atoms with Crippen LogP contribution in [0.5, 0.6) is 0 Å². The van der Waals surface area contributed by atoms with Crippen molar-refractivity contribution < 1.29 is 4.74 Å². The molecule has 2 aliphatic carbocycles. The highest BCUT2D eigenvalue weighted by Crippen LogP contribution is 2.46. The van der Waals surface area contributed by atoms with Crippen LogP contribution in [-0.2, 0) is 11.2 Å². The summed E-state index contributed by atoms with van der Waals surface area (Å²) >= 11 is 3.53. The fourth-order valence-corrected chi connectivity index (χ4v) is 4.02. The molecule has 0 saturated heterocycles. The van der Waals surface area contributed by atoms with E-state index in [9.17, 15) is 0 Å². The number of nitrogens with one attached hydrogen (secondary N) is 1. The summed E-state index contributed by atoms with van der Waals surface area (Å²) in [6.07, 6.45) is 7.07. The first-order chi connectivity index (χ1) is 9.14. The molecule has 1 aromatic carbocycles. The van der Waals surface area contributed by atoms with E-state index in [2.05, 4.69) is 34.1 Å². The lowest BCUT2D eigenvalue weighted by molar-refractivity contribution is 0.0431. The third-order valence-corrected chi connectivity index (χ3v) is 5.46. The van der Waals surface area contributed by atoms with E-state index in [-0.39, 0.29) is 5.41 Å². The van der Waals surface area contributed by atoms with E-state index in [4.69, 9.17) is 10.1 Å². The number of hydrogen-bond acceptors (Lipinski definition) is 2. The molecule has 3 heteroatoms. The minimum Gasteiger partial charge on any atom is -0.381 e. The number of halogens is 1. The number of aryl methyl sites for hydroxylation is 1. The van der Waals surface area contributed by atoms with E-state index in [1.165, 1.54) is 5.56 Å². The molecule has 0 atom stereocenters. The van der Waals surface area contributed by atoms with E-state index in [0.29, 0.717) is 6.10 Å². The van der Waals surface area contributed by atoms with Crippen molar-refractivity contribution in [2.75, 3.05) is 7.11 Å². The molecule has 102 valence electrons. The van der Waals surface area contributed by atoms with Gasteiger partial charge in [0.1, 0.15) is 0 Å². The Balaban J connectivity index is 1.89. The molecule has 2 nitrogen and oxygen atoms in total. The van der Waals surface area contributed by atoms with Crippen molar-refractivity contribution in [3.8, 4) is 0 Å². The first kappa shape index (κ1) is 13.3. The van der Waals surface area contributed by atoms with Crippen molar-refractivity contribution >= 4 is 21.6 Å². The Morgan fingerprint density at radius 2 is 2.00 bits per heavy atom. The normalized spacial score (nSPS) is 30.4. The van der Waals surface area contributed by atoms with Crippen LogP contribution in [0.15, 0.2) is 22.7 Å². The highest BCUT2D eigenvalue weighted by atomic mass is 79.9. The molecule has 3 rings (SSSR count). The molecule has 1 saturated carbocycles. The summed E-state index contributed by atoms with van der Waals surface area (Å²) in [6, 6.07) is 6.38. The van der Waals surface area contributed by atoms with Crippen molar-refractivity contribution in [3.05, 3.63) is 33.8 Å². The summed E-state index contributed by atoms with van der Waals surface area (Å²) in [5.74, 6) is 0. The summed E-state index contributed by atoms with van der Waals surface area (Å²) in [5.41, 5.74) is 3.48. The second-order valence-corrected chi connectivity index (χ2v) is 6.81. The largest absolute Gasteiger partial charge is 0.381 e. The number of fused-ring (bicyclic) bond motifs is 1. The van der Waals surface area contributed by atoms with E-state index in [1.807, 2.05) is 0 Å². The zero-order valence-electron chi connectivity index (χ0n) is 11.3. The van der Waals surface area contributed by atoms with Crippen molar-refractivity contribution in [2.45, 2.75) is 44.6 Å². The molecule has 0 heterocycles. The molecule has 0 aromatic heterocycles. The van der Waals surface area contributed by atoms with E-state index < -0.39 is 0 Å². The van der Waals surface area contributed by atoms with E-state index in [1.54, 1.807) is 7.11 Å². The highest BCUT2D eigenvalue weighted by molar-refractivity contribution is 9.10. The van der Waals surface area contributed by atoms with Crippen LogP contribution in [0.4, 0.5) is 0 Å². The second kappa shape index (κ2) is 5.02. The Bertz CT molecular complexity index is 503. The smallest absolute Gasteiger partial charge is 0.0572 e. The number of hydrogen-bond donors (Lipinski definition) is 1. The quantitative estimate of drug-likeness (QED) is 0.820. The Kier molecular flexibility index (Phi) is 3.52. The Morgan fingerprint density at radius 3 is 2.68 bits per heavy atom. The van der Waals surface area contributed by atoms with Gasteiger partial charge in [0.25, 0.3) is 0 Å². The summed E-state index contributed by atoms with van der Waals surface area (Å²) in [4.78, 5) is 0. The molecule has 1 aromatic rings. The molecule has 0 amide bonds. The van der Waals surface area contributed by atoms with Gasteiger partial charge in [0, 0.05) is 28.3 Å². The van der Waals surface area contributed by atoms with Crippen LogP contribution >= 0.6 is 15.9 Å². The third kappa shape index (κ3) is 2.27. The van der Waals surface area contributed by atoms with E-state index >= 15 is 0 Å². The maximum atomic E-state index is 8.67. The first-order valence-electron chi connectivity index (χ1n) is 7.05. The fraction of sp³-hybridized carbons (Fsp3) is 0.562. The summed E-state index contributed by atoms with van der Waals surface area (Å²) < 4.78 is 6.55. The van der Waals surface area contributed by atoms with Crippen LogP contribution in [0.25, 0.3) is 0 Å². The molecule has 0 radical (unpaired) electrons. The summed E-state index contributed by atoms with van der Waals surface area (Å²) in [7, 11) is 1.81. The van der Waals surface area contributed by atoms with Gasteiger partial charge in [-0.2, -0.15) is 0 Å². The summed E-state index contributed by atoms with van der Waals surface area (Å²) in [5, 5.41) is 8.67. The van der Waals surface area contributed by atoms with Gasteiger partial charge in [-0.25, -0.2) is 0 Å². The van der Waals surface area contributed by atoms with Gasteiger partial charge < -0.3 is 10.1 Å². The minimum atomic E-state index is 0.114. The number of methoxy groups -OCH3 is 1. The van der Waals surface area contributed by atoms with Crippen molar-refractivity contribution in [1.29, 1.82) is 5.41 Å². The van der Waals surface area contributed by atoms with Gasteiger partial charge in [-0.15, -0.1) is 0 Å². The van der Waals surface area contributed by atoms with E-state index in [0.717, 1.165) is 54.3 Å². The van der Waals surface area contributed by atoms with Crippen LogP contribution in [0, 0.1) is 10.8 Å². The Labute approximate surface area is 123 Å². The maximum absolute atomic E-state index is 8.67. The van der Waals surface area contributed by atoms with Crippen LogP contribution in [0.3, 0.4) is 0 Å². The van der Waals surface area contributed by atoms with Gasteiger partial charge in [-0.3, -0.25) is 0 Å². The topological polar surface area (TPSA) is 33.1 Å². The molecular weight excluding hydrogens is 302 g/mol. The molecule has 1 spiro atoms. The SMILES string of the molecule is COC1CCC2(CCc3ccc(Br)cc3C2=N)CC1. The van der Waals surface area contributed by atoms with Crippen LogP contribution in [0.2, 0.25) is 0 Å². The third-order valence-electron chi connectivity index (χ3n) is 4.97. The molecular formula is C16H20BrNO. The molecule has 0 unspecified atom stereocenters. The number of benzene rings is 1. The predicted octanol–water partition coefficient (Wildman–Crippen LogP) is 4.34. The summed E-state index contributed by atoms with van der Waals surface area (Å²) in [6.45, 7) is 0. The molecule has 0 aliphatic heterocycles. The van der Waals surface area contributed by atoms with Gasteiger partial charge >= 0.3 is 0 Å². The van der Waals surface area contributed by atoms with Gasteiger partial charge in [0.2, 0.25) is 0 Å². The lowest BCUT2D eigenvalue weighted by atomic mass is 9.62. The number of ether oxygens (including phenoxy) is 1. The second-order valence-electron chi connectivity index (χ2n) is 5.89. The fourth-order valence-electron chi connectivity index (χ4n) is 3.66. The van der Waals surface area contributed by atoms with Crippen LogP contribution in [-0.4, -0.2) is 18.9 Å².